The van der Waals surface area contributed by atoms with Gasteiger partial charge in [-0.2, -0.15) is 0 Å². The third kappa shape index (κ3) is 1.99. The van der Waals surface area contributed by atoms with Gasteiger partial charge in [-0.1, -0.05) is 35.9 Å². The Labute approximate surface area is 122 Å². The minimum absolute atomic E-state index is 0.669. The van der Waals surface area contributed by atoms with Crippen LogP contribution in [-0.2, 0) is 14.1 Å². The van der Waals surface area contributed by atoms with Crippen LogP contribution in [0, 0.1) is 0 Å². The van der Waals surface area contributed by atoms with Gasteiger partial charge in [-0.3, -0.25) is 0 Å². The summed E-state index contributed by atoms with van der Waals surface area (Å²) in [5.41, 5.74) is 3.02. The van der Waals surface area contributed by atoms with E-state index in [0.29, 0.717) is 5.02 Å². The van der Waals surface area contributed by atoms with E-state index in [-0.39, 0.29) is 0 Å². The van der Waals surface area contributed by atoms with E-state index in [1.54, 1.807) is 12.1 Å². The Bertz CT molecular complexity index is 723. The number of benzene rings is 2. The minimum Gasteiger partial charge on any atom is -0.376 e. The van der Waals surface area contributed by atoms with Crippen LogP contribution in [-0.4, -0.2) is 9.67 Å². The monoisotopic (exact) mass is 287 g/mol. The number of hydrogen-bond donors (Lipinski definition) is 1. The Balaban J connectivity index is 2.16. The largest absolute Gasteiger partial charge is 0.376 e. The number of nitrogens with zero attached hydrogens (tertiary/aromatic N) is 2. The highest BCUT2D eigenvalue weighted by molar-refractivity contribution is 6.30. The first-order valence-corrected chi connectivity index (χ1v) is 6.84. The van der Waals surface area contributed by atoms with E-state index in [0.717, 1.165) is 22.4 Å². The Kier molecular flexibility index (Phi) is 3.24. The second kappa shape index (κ2) is 4.93. The van der Waals surface area contributed by atoms with Crippen molar-refractivity contribution >= 4 is 22.6 Å². The molecule has 3 aromatic rings. The summed E-state index contributed by atoms with van der Waals surface area (Å²) in [5, 5.41) is 11.3. The SMILES string of the molecule is Cn1c(C(O)c2ccc(Cl)cc2)[n+](C)c2ccccc21. The fraction of sp³-hybridized carbons (Fsp3) is 0.188. The molecule has 0 bridgehead atoms. The maximum Gasteiger partial charge on any atom is 0.291 e. The van der Waals surface area contributed by atoms with Crippen molar-refractivity contribution in [1.82, 2.24) is 4.57 Å². The molecule has 1 N–H and O–H groups in total. The summed E-state index contributed by atoms with van der Waals surface area (Å²) in [6.45, 7) is 0. The maximum absolute atomic E-state index is 10.7. The van der Waals surface area contributed by atoms with E-state index in [1.807, 2.05) is 59.6 Å². The first-order valence-electron chi connectivity index (χ1n) is 6.46. The number of para-hydroxylation sites is 2. The highest BCUT2D eigenvalue weighted by Crippen LogP contribution is 2.24. The van der Waals surface area contributed by atoms with E-state index >= 15 is 0 Å². The van der Waals surface area contributed by atoms with Crippen LogP contribution in [0.3, 0.4) is 0 Å². The summed E-state index contributed by atoms with van der Waals surface area (Å²) in [5.74, 6) is 0.841. The topological polar surface area (TPSA) is 29.0 Å². The predicted molar refractivity (Wildman–Crippen MR) is 79.6 cm³/mol. The predicted octanol–water partition coefficient (Wildman–Crippen LogP) is 2.74. The molecule has 2 aromatic carbocycles. The molecule has 20 heavy (non-hydrogen) atoms. The highest BCUT2D eigenvalue weighted by atomic mass is 35.5. The molecule has 0 aliphatic rings. The molecule has 1 unspecified atom stereocenters. The molecule has 0 fully saturated rings. The van der Waals surface area contributed by atoms with Gasteiger partial charge >= 0.3 is 0 Å². The zero-order valence-electron chi connectivity index (χ0n) is 11.4. The van der Waals surface area contributed by atoms with E-state index in [1.165, 1.54) is 0 Å². The lowest BCUT2D eigenvalue weighted by Gasteiger charge is -2.08. The van der Waals surface area contributed by atoms with Gasteiger partial charge in [0, 0.05) is 5.02 Å². The summed E-state index contributed by atoms with van der Waals surface area (Å²) in [6.07, 6.45) is -0.685. The first kappa shape index (κ1) is 13.2. The molecule has 0 aliphatic heterocycles. The first-order chi connectivity index (χ1) is 9.59. The Morgan fingerprint density at radius 3 is 2.40 bits per heavy atom. The molecule has 3 nitrogen and oxygen atoms in total. The van der Waals surface area contributed by atoms with Crippen LogP contribution < -0.4 is 4.57 Å². The Hall–Kier alpha value is -1.84. The van der Waals surface area contributed by atoms with E-state index in [9.17, 15) is 5.11 Å². The van der Waals surface area contributed by atoms with Crippen molar-refractivity contribution in [3.05, 3.63) is 64.9 Å². The van der Waals surface area contributed by atoms with Gasteiger partial charge in [0.2, 0.25) is 0 Å². The Morgan fingerprint density at radius 1 is 1.10 bits per heavy atom. The van der Waals surface area contributed by atoms with Crippen molar-refractivity contribution in [3.63, 3.8) is 0 Å². The van der Waals surface area contributed by atoms with Gasteiger partial charge in [0.15, 0.2) is 17.1 Å². The molecule has 0 spiro atoms. The average molecular weight is 288 g/mol. The molecule has 102 valence electrons. The lowest BCUT2D eigenvalue weighted by atomic mass is 10.1. The second-order valence-electron chi connectivity index (χ2n) is 4.92. The lowest BCUT2D eigenvalue weighted by Crippen LogP contribution is -2.35. The molecule has 0 amide bonds. The van der Waals surface area contributed by atoms with Gasteiger partial charge in [0.05, 0.1) is 14.1 Å². The standard InChI is InChI=1S/C16H16ClN2O/c1-18-13-5-3-4-6-14(13)19(2)16(18)15(20)11-7-9-12(17)10-8-11/h3-10,15,20H,1-2H3/q+1. The number of rotatable bonds is 2. The van der Waals surface area contributed by atoms with Crippen LogP contribution in [0.4, 0.5) is 0 Å². The van der Waals surface area contributed by atoms with Gasteiger partial charge in [-0.05, 0) is 29.8 Å². The number of halogens is 1. The van der Waals surface area contributed by atoms with Crippen molar-refractivity contribution in [3.8, 4) is 0 Å². The van der Waals surface area contributed by atoms with E-state index in [2.05, 4.69) is 0 Å². The summed E-state index contributed by atoms with van der Waals surface area (Å²) < 4.78 is 4.04. The molecule has 1 atom stereocenters. The number of hydrogen-bond acceptors (Lipinski definition) is 1. The van der Waals surface area contributed by atoms with Crippen LogP contribution in [0.15, 0.2) is 48.5 Å². The van der Waals surface area contributed by atoms with E-state index < -0.39 is 6.10 Å². The second-order valence-corrected chi connectivity index (χ2v) is 5.36. The molecular formula is C16H16ClN2O+. The van der Waals surface area contributed by atoms with Crippen molar-refractivity contribution in [1.29, 1.82) is 0 Å². The maximum atomic E-state index is 10.7. The zero-order valence-corrected chi connectivity index (χ0v) is 12.2. The quantitative estimate of drug-likeness (QED) is 0.722. The number of imidazole rings is 1. The Morgan fingerprint density at radius 2 is 1.75 bits per heavy atom. The van der Waals surface area contributed by atoms with Crippen molar-refractivity contribution in [2.45, 2.75) is 6.10 Å². The molecule has 0 radical (unpaired) electrons. The summed E-state index contributed by atoms with van der Waals surface area (Å²) >= 11 is 5.90. The van der Waals surface area contributed by atoms with Crippen molar-refractivity contribution < 1.29 is 9.67 Å². The van der Waals surface area contributed by atoms with E-state index in [4.69, 9.17) is 11.6 Å². The van der Waals surface area contributed by atoms with Gasteiger partial charge in [0.25, 0.3) is 5.82 Å². The van der Waals surface area contributed by atoms with Gasteiger partial charge < -0.3 is 5.11 Å². The number of fused-ring (bicyclic) bond motifs is 1. The normalized spacial score (nSPS) is 12.8. The van der Waals surface area contributed by atoms with Crippen LogP contribution in [0.25, 0.3) is 11.0 Å². The highest BCUT2D eigenvalue weighted by Gasteiger charge is 2.27. The van der Waals surface area contributed by atoms with Gasteiger partial charge in [-0.15, -0.1) is 0 Å². The molecule has 3 rings (SSSR count). The molecule has 1 aromatic heterocycles. The average Bonchev–Trinajstić information content (AvgIpc) is 2.72. The summed E-state index contributed by atoms with van der Waals surface area (Å²) in [7, 11) is 3.94. The number of aliphatic hydroxyl groups is 1. The zero-order chi connectivity index (χ0) is 14.3. The van der Waals surface area contributed by atoms with Crippen LogP contribution in [0.2, 0.25) is 5.02 Å². The number of aliphatic hydroxyl groups excluding tert-OH is 1. The van der Waals surface area contributed by atoms with Crippen LogP contribution >= 0.6 is 11.6 Å². The van der Waals surface area contributed by atoms with Gasteiger partial charge in [0.1, 0.15) is 0 Å². The van der Waals surface area contributed by atoms with Crippen molar-refractivity contribution in [2.75, 3.05) is 0 Å². The fourth-order valence-corrected chi connectivity index (χ4v) is 2.79. The molecule has 1 heterocycles. The molecule has 0 aliphatic carbocycles. The molecule has 0 saturated heterocycles. The van der Waals surface area contributed by atoms with Crippen molar-refractivity contribution in [2.24, 2.45) is 14.1 Å². The fourth-order valence-electron chi connectivity index (χ4n) is 2.66. The molecule has 4 heteroatoms. The van der Waals surface area contributed by atoms with Crippen LogP contribution in [0.1, 0.15) is 17.5 Å². The number of aromatic nitrogens is 2. The van der Waals surface area contributed by atoms with Crippen LogP contribution in [0.5, 0.6) is 0 Å². The third-order valence-corrected chi connectivity index (χ3v) is 3.97. The molecular weight excluding hydrogens is 272 g/mol. The lowest BCUT2D eigenvalue weighted by molar-refractivity contribution is -0.657. The summed E-state index contributed by atoms with van der Waals surface area (Å²) in [4.78, 5) is 0. The third-order valence-electron chi connectivity index (χ3n) is 3.72. The number of aryl methyl sites for hydroxylation is 2. The minimum atomic E-state index is -0.685. The van der Waals surface area contributed by atoms with Gasteiger partial charge in [-0.25, -0.2) is 9.13 Å². The molecule has 0 saturated carbocycles. The smallest absolute Gasteiger partial charge is 0.291 e. The summed E-state index contributed by atoms with van der Waals surface area (Å²) in [6, 6.07) is 15.4.